The van der Waals surface area contributed by atoms with Crippen LogP contribution in [0.4, 0.5) is 14.5 Å². The van der Waals surface area contributed by atoms with Crippen LogP contribution in [0.3, 0.4) is 0 Å². The Hall–Kier alpha value is -3.29. The number of hydrogen-bond donors (Lipinski definition) is 3. The molecule has 8 heteroatoms. The zero-order valence-corrected chi connectivity index (χ0v) is 14.7. The maximum Gasteiger partial charge on any atom is 0.257 e. The second-order valence-electron chi connectivity index (χ2n) is 6.45. The van der Waals surface area contributed by atoms with Gasteiger partial charge in [-0.15, -0.1) is 0 Å². The lowest BCUT2D eigenvalue weighted by molar-refractivity contribution is -0.118. The van der Waals surface area contributed by atoms with Gasteiger partial charge in [-0.1, -0.05) is 19.9 Å². The summed E-state index contributed by atoms with van der Waals surface area (Å²) in [6, 6.07) is 7.35. The van der Waals surface area contributed by atoms with Gasteiger partial charge >= 0.3 is 0 Å². The number of aromatic amines is 1. The summed E-state index contributed by atoms with van der Waals surface area (Å²) in [5.74, 6) is -3.74. The average molecular weight is 372 g/mol. The molecule has 1 aromatic heterocycles. The molecule has 1 unspecified atom stereocenters. The van der Waals surface area contributed by atoms with Crippen molar-refractivity contribution in [1.29, 1.82) is 0 Å². The first-order valence-corrected chi connectivity index (χ1v) is 8.35. The predicted molar refractivity (Wildman–Crippen MR) is 97.2 cm³/mol. The summed E-state index contributed by atoms with van der Waals surface area (Å²) < 4.78 is 27.6. The number of nitrogens with one attached hydrogen (secondary N) is 3. The van der Waals surface area contributed by atoms with Gasteiger partial charge in [-0.25, -0.2) is 8.78 Å². The minimum atomic E-state index is -0.985. The Bertz CT molecular complexity index is 980. The molecule has 0 bridgehead atoms. The largest absolute Gasteiger partial charge is 0.340 e. The minimum Gasteiger partial charge on any atom is -0.340 e. The van der Waals surface area contributed by atoms with Crippen LogP contribution in [0.5, 0.6) is 0 Å². The van der Waals surface area contributed by atoms with Gasteiger partial charge in [-0.05, 0) is 36.2 Å². The molecule has 0 aliphatic rings. The highest BCUT2D eigenvalue weighted by Gasteiger charge is 2.27. The van der Waals surface area contributed by atoms with E-state index in [9.17, 15) is 18.4 Å². The minimum absolute atomic E-state index is 0.304. The molecule has 1 atom stereocenters. The van der Waals surface area contributed by atoms with Crippen molar-refractivity contribution in [2.75, 3.05) is 5.32 Å². The molecule has 0 saturated carbocycles. The van der Waals surface area contributed by atoms with E-state index in [0.29, 0.717) is 5.69 Å². The molecule has 0 radical (unpaired) electrons. The summed E-state index contributed by atoms with van der Waals surface area (Å²) >= 11 is 0. The lowest BCUT2D eigenvalue weighted by Crippen LogP contribution is -2.47. The Morgan fingerprint density at radius 3 is 2.48 bits per heavy atom. The van der Waals surface area contributed by atoms with Crippen molar-refractivity contribution < 1.29 is 18.4 Å². The van der Waals surface area contributed by atoms with E-state index in [0.717, 1.165) is 23.0 Å². The van der Waals surface area contributed by atoms with Crippen molar-refractivity contribution in [2.45, 2.75) is 19.9 Å². The number of anilines is 1. The second kappa shape index (κ2) is 7.53. The van der Waals surface area contributed by atoms with Crippen molar-refractivity contribution in [3.8, 4) is 0 Å². The van der Waals surface area contributed by atoms with Gasteiger partial charge in [-0.2, -0.15) is 5.10 Å². The Labute approximate surface area is 154 Å². The molecule has 1 heterocycles. The number of benzene rings is 2. The Morgan fingerprint density at radius 2 is 1.81 bits per heavy atom. The topological polar surface area (TPSA) is 86.9 Å². The molecule has 27 heavy (non-hydrogen) atoms. The number of carbonyl (C=O) groups excluding carboxylic acids is 2. The van der Waals surface area contributed by atoms with Crippen molar-refractivity contribution in [3.63, 3.8) is 0 Å². The van der Waals surface area contributed by atoms with Crippen LogP contribution in [-0.4, -0.2) is 28.1 Å². The van der Waals surface area contributed by atoms with Crippen LogP contribution in [0.15, 0.2) is 42.6 Å². The first kappa shape index (κ1) is 18.5. The van der Waals surface area contributed by atoms with Gasteiger partial charge < -0.3 is 10.6 Å². The number of fused-ring (bicyclic) bond motifs is 1. The molecular formula is C19H18F2N4O2. The Morgan fingerprint density at radius 1 is 1.11 bits per heavy atom. The SMILES string of the molecule is CC(C)C(NC(=O)c1c(F)cccc1F)C(=O)Nc1ccc2[nH]ncc2c1. The van der Waals surface area contributed by atoms with Crippen LogP contribution in [-0.2, 0) is 4.79 Å². The molecule has 0 aliphatic heterocycles. The number of nitrogens with zero attached hydrogens (tertiary/aromatic N) is 1. The average Bonchev–Trinajstić information content (AvgIpc) is 3.06. The predicted octanol–water partition coefficient (Wildman–Crippen LogP) is 3.23. The van der Waals surface area contributed by atoms with E-state index in [1.807, 2.05) is 0 Å². The van der Waals surface area contributed by atoms with Gasteiger partial charge in [0.25, 0.3) is 5.91 Å². The molecule has 2 amide bonds. The van der Waals surface area contributed by atoms with Crippen LogP contribution >= 0.6 is 0 Å². The van der Waals surface area contributed by atoms with Gasteiger partial charge in [0, 0.05) is 11.1 Å². The Kier molecular flexibility index (Phi) is 5.16. The standard InChI is InChI=1S/C19H18F2N4O2/c1-10(2)17(24-18(26)16-13(20)4-3-5-14(16)21)19(27)23-12-6-7-15-11(8-12)9-22-25-15/h3-10,17H,1-2H3,(H,22,25)(H,23,27)(H,24,26). The van der Waals surface area contributed by atoms with Crippen LogP contribution < -0.4 is 10.6 Å². The molecule has 3 rings (SSSR count). The van der Waals surface area contributed by atoms with E-state index in [4.69, 9.17) is 0 Å². The lowest BCUT2D eigenvalue weighted by atomic mass is 10.0. The molecule has 140 valence electrons. The first-order chi connectivity index (χ1) is 12.9. The lowest BCUT2D eigenvalue weighted by Gasteiger charge is -2.22. The van der Waals surface area contributed by atoms with Crippen molar-refractivity contribution in [2.24, 2.45) is 5.92 Å². The van der Waals surface area contributed by atoms with Crippen molar-refractivity contribution in [3.05, 3.63) is 59.8 Å². The van der Waals surface area contributed by atoms with E-state index < -0.39 is 35.1 Å². The Balaban J connectivity index is 1.78. The monoisotopic (exact) mass is 372 g/mol. The van der Waals surface area contributed by atoms with E-state index in [1.54, 1.807) is 38.2 Å². The zero-order valence-electron chi connectivity index (χ0n) is 14.7. The van der Waals surface area contributed by atoms with Crippen LogP contribution in [0.25, 0.3) is 10.9 Å². The van der Waals surface area contributed by atoms with Gasteiger partial charge in [0.1, 0.15) is 23.2 Å². The quantitative estimate of drug-likeness (QED) is 0.643. The molecular weight excluding hydrogens is 354 g/mol. The highest BCUT2D eigenvalue weighted by atomic mass is 19.1. The van der Waals surface area contributed by atoms with Crippen molar-refractivity contribution in [1.82, 2.24) is 15.5 Å². The summed E-state index contributed by atoms with van der Waals surface area (Å²) in [5.41, 5.74) is 0.623. The fourth-order valence-electron chi connectivity index (χ4n) is 2.70. The summed E-state index contributed by atoms with van der Waals surface area (Å²) in [6.07, 6.45) is 1.62. The third kappa shape index (κ3) is 3.94. The molecule has 0 aliphatic carbocycles. The zero-order chi connectivity index (χ0) is 19.6. The number of aromatic nitrogens is 2. The van der Waals surface area contributed by atoms with Gasteiger partial charge in [0.05, 0.1) is 11.7 Å². The number of halogens is 2. The van der Waals surface area contributed by atoms with E-state index in [1.165, 1.54) is 6.07 Å². The number of H-pyrrole nitrogens is 1. The summed E-state index contributed by atoms with van der Waals surface area (Å²) in [4.78, 5) is 24.9. The van der Waals surface area contributed by atoms with Gasteiger partial charge in [0.15, 0.2) is 0 Å². The highest BCUT2D eigenvalue weighted by Crippen LogP contribution is 2.18. The number of carbonyl (C=O) groups is 2. The van der Waals surface area contributed by atoms with E-state index >= 15 is 0 Å². The molecule has 3 aromatic rings. The second-order valence-corrected chi connectivity index (χ2v) is 6.45. The van der Waals surface area contributed by atoms with Crippen LogP contribution in [0.1, 0.15) is 24.2 Å². The summed E-state index contributed by atoms with van der Waals surface area (Å²) in [5, 5.41) is 12.7. The molecule has 2 aromatic carbocycles. The first-order valence-electron chi connectivity index (χ1n) is 8.35. The summed E-state index contributed by atoms with van der Waals surface area (Å²) in [6.45, 7) is 3.45. The third-order valence-electron chi connectivity index (χ3n) is 4.13. The fourth-order valence-corrected chi connectivity index (χ4v) is 2.70. The molecule has 3 N–H and O–H groups in total. The number of amides is 2. The van der Waals surface area contributed by atoms with Crippen molar-refractivity contribution >= 4 is 28.4 Å². The van der Waals surface area contributed by atoms with E-state index in [-0.39, 0.29) is 5.92 Å². The molecule has 6 nitrogen and oxygen atoms in total. The van der Waals surface area contributed by atoms with Crippen LogP contribution in [0.2, 0.25) is 0 Å². The molecule has 0 saturated heterocycles. The number of rotatable bonds is 5. The van der Waals surface area contributed by atoms with E-state index in [2.05, 4.69) is 20.8 Å². The number of hydrogen-bond acceptors (Lipinski definition) is 3. The molecule has 0 fully saturated rings. The summed E-state index contributed by atoms with van der Waals surface area (Å²) in [7, 11) is 0. The molecule has 0 spiro atoms. The normalized spacial score (nSPS) is 12.2. The maximum atomic E-state index is 13.8. The fraction of sp³-hybridized carbons (Fsp3) is 0.211. The third-order valence-corrected chi connectivity index (χ3v) is 4.13. The maximum absolute atomic E-state index is 13.8. The highest BCUT2D eigenvalue weighted by molar-refractivity contribution is 6.02. The van der Waals surface area contributed by atoms with Gasteiger partial charge in [-0.3, -0.25) is 14.7 Å². The van der Waals surface area contributed by atoms with Gasteiger partial charge in [0.2, 0.25) is 5.91 Å². The van der Waals surface area contributed by atoms with Crippen LogP contribution in [0, 0.1) is 17.6 Å². The smallest absolute Gasteiger partial charge is 0.257 e.